The highest BCUT2D eigenvalue weighted by Gasteiger charge is 2.44. The van der Waals surface area contributed by atoms with Gasteiger partial charge in [-0.1, -0.05) is 30.9 Å². The number of piperidine rings is 1. The van der Waals surface area contributed by atoms with Gasteiger partial charge in [-0.05, 0) is 63.7 Å². The van der Waals surface area contributed by atoms with Gasteiger partial charge in [-0.15, -0.1) is 0 Å². The number of nitrogens with zero attached hydrogens (tertiary/aromatic N) is 2. The molecule has 6 rings (SSSR count). The van der Waals surface area contributed by atoms with E-state index in [9.17, 15) is 9.59 Å². The second-order valence-electron chi connectivity index (χ2n) is 10.1. The quantitative estimate of drug-likeness (QED) is 0.641. The highest BCUT2D eigenvalue weighted by molar-refractivity contribution is 6.35. The molecule has 2 N–H and O–H groups in total. The summed E-state index contributed by atoms with van der Waals surface area (Å²) in [6, 6.07) is 3.99. The van der Waals surface area contributed by atoms with Crippen molar-refractivity contribution in [1.29, 1.82) is 0 Å². The van der Waals surface area contributed by atoms with Crippen molar-refractivity contribution in [2.24, 2.45) is 0 Å². The fourth-order valence-corrected chi connectivity index (χ4v) is 6.74. The number of fused-ring (bicyclic) bond motifs is 4. The van der Waals surface area contributed by atoms with Crippen LogP contribution in [-0.4, -0.2) is 54.0 Å². The molecule has 2 aromatic rings. The fraction of sp³-hybridized carbons (Fsp3) is 0.600. The summed E-state index contributed by atoms with van der Waals surface area (Å²) in [4.78, 5) is 30.3. The summed E-state index contributed by atoms with van der Waals surface area (Å²) in [6.45, 7) is 3.91. The van der Waals surface area contributed by atoms with E-state index in [0.717, 1.165) is 69.0 Å². The van der Waals surface area contributed by atoms with E-state index >= 15 is 0 Å². The first-order valence-electron chi connectivity index (χ1n) is 12.4. The maximum atomic E-state index is 13.4. The molecule has 176 valence electrons. The van der Waals surface area contributed by atoms with Gasteiger partial charge in [0, 0.05) is 30.1 Å². The van der Waals surface area contributed by atoms with Crippen molar-refractivity contribution in [3.05, 3.63) is 28.5 Å². The Morgan fingerprint density at radius 2 is 1.76 bits per heavy atom. The van der Waals surface area contributed by atoms with Gasteiger partial charge >= 0.3 is 6.03 Å². The number of hydrogen-bond acceptors (Lipinski definition) is 4. The molecule has 1 spiro atoms. The molecular formula is C25H31ClN4O3. The molecule has 0 atom stereocenters. The zero-order chi connectivity index (χ0) is 22.6. The average Bonchev–Trinajstić information content (AvgIpc) is 3.50. The minimum atomic E-state index is -0.495. The third-order valence-corrected chi connectivity index (χ3v) is 8.45. The first kappa shape index (κ1) is 21.3. The summed E-state index contributed by atoms with van der Waals surface area (Å²) in [6.07, 6.45) is 9.54. The van der Waals surface area contributed by atoms with Crippen LogP contribution in [0.4, 0.5) is 10.5 Å². The minimum Gasteiger partial charge on any atom is -0.450 e. The van der Waals surface area contributed by atoms with E-state index in [0.29, 0.717) is 28.1 Å². The van der Waals surface area contributed by atoms with Crippen LogP contribution in [0.1, 0.15) is 73.9 Å². The van der Waals surface area contributed by atoms with Gasteiger partial charge < -0.3 is 24.9 Å². The third-order valence-electron chi connectivity index (χ3n) is 8.16. The Balaban J connectivity index is 1.31. The van der Waals surface area contributed by atoms with Crippen molar-refractivity contribution in [2.45, 2.75) is 69.4 Å². The normalized spacial score (nSPS) is 23.5. The van der Waals surface area contributed by atoms with E-state index in [1.165, 1.54) is 25.9 Å². The number of nitrogens with one attached hydrogen (secondary N) is 2. The molecule has 0 radical (unpaired) electrons. The summed E-state index contributed by atoms with van der Waals surface area (Å²) in [7, 11) is 0. The lowest BCUT2D eigenvalue weighted by atomic mass is 9.74. The SMILES string of the molecule is O=C1Nc2c(Cl)cc3cc(C(=O)N4CCC(N5CCCC5)CC4)oc3c2C2(CCCCC2)N1. The van der Waals surface area contributed by atoms with E-state index in [2.05, 4.69) is 15.5 Å². The van der Waals surface area contributed by atoms with Crippen LogP contribution < -0.4 is 10.6 Å². The Bertz CT molecular complexity index is 1090. The summed E-state index contributed by atoms with van der Waals surface area (Å²) in [5.74, 6) is 0.304. The molecule has 1 aromatic heterocycles. The first-order chi connectivity index (χ1) is 16.0. The number of amides is 3. The fourth-order valence-electron chi connectivity index (χ4n) is 6.49. The largest absolute Gasteiger partial charge is 0.450 e. The summed E-state index contributed by atoms with van der Waals surface area (Å²) < 4.78 is 6.27. The van der Waals surface area contributed by atoms with Crippen LogP contribution in [0.25, 0.3) is 11.0 Å². The lowest BCUT2D eigenvalue weighted by Crippen LogP contribution is -2.52. The van der Waals surface area contributed by atoms with Crippen molar-refractivity contribution in [3.8, 4) is 0 Å². The van der Waals surface area contributed by atoms with Gasteiger partial charge in [0.05, 0.1) is 16.2 Å². The van der Waals surface area contributed by atoms with Crippen molar-refractivity contribution in [3.63, 3.8) is 0 Å². The molecule has 7 nitrogen and oxygen atoms in total. The number of rotatable bonds is 2. The summed E-state index contributed by atoms with van der Waals surface area (Å²) in [5, 5.41) is 7.36. The predicted octanol–water partition coefficient (Wildman–Crippen LogP) is 5.08. The standard InChI is InChI=1S/C25H31ClN4O3/c26-18-14-16-15-19(23(31)30-12-6-17(7-13-30)29-10-4-5-11-29)33-22(16)20-21(18)27-24(32)28-25(20)8-2-1-3-9-25/h14-15,17H,1-13H2,(H2,27,28,32). The molecule has 1 aliphatic carbocycles. The van der Waals surface area contributed by atoms with Crippen molar-refractivity contribution < 1.29 is 14.0 Å². The van der Waals surface area contributed by atoms with Crippen LogP contribution in [-0.2, 0) is 5.54 Å². The number of halogens is 1. The Morgan fingerprint density at radius 1 is 1.03 bits per heavy atom. The van der Waals surface area contributed by atoms with Gasteiger partial charge in [-0.25, -0.2) is 4.79 Å². The van der Waals surface area contributed by atoms with E-state index in [-0.39, 0.29) is 11.9 Å². The number of urea groups is 1. The maximum Gasteiger partial charge on any atom is 0.319 e. The van der Waals surface area contributed by atoms with E-state index in [4.69, 9.17) is 16.0 Å². The lowest BCUT2D eigenvalue weighted by molar-refractivity contribution is 0.0616. The molecule has 1 aromatic carbocycles. The van der Waals surface area contributed by atoms with Crippen LogP contribution in [0.15, 0.2) is 16.5 Å². The maximum absolute atomic E-state index is 13.4. The molecule has 4 aliphatic rings. The molecule has 4 heterocycles. The van der Waals surface area contributed by atoms with E-state index in [1.807, 2.05) is 11.0 Å². The number of furan rings is 1. The number of benzene rings is 1. The third kappa shape index (κ3) is 3.60. The van der Waals surface area contributed by atoms with Crippen molar-refractivity contribution >= 4 is 40.2 Å². The highest BCUT2D eigenvalue weighted by atomic mass is 35.5. The Kier molecular flexibility index (Phi) is 5.29. The van der Waals surface area contributed by atoms with Crippen LogP contribution in [0.5, 0.6) is 0 Å². The number of carbonyl (C=O) groups excluding carboxylic acids is 2. The van der Waals surface area contributed by atoms with Gasteiger partial charge in [0.15, 0.2) is 5.76 Å². The van der Waals surface area contributed by atoms with Crippen LogP contribution in [0.3, 0.4) is 0 Å². The molecule has 2 saturated heterocycles. The molecule has 33 heavy (non-hydrogen) atoms. The Morgan fingerprint density at radius 3 is 2.48 bits per heavy atom. The molecule has 3 aliphatic heterocycles. The van der Waals surface area contributed by atoms with Gasteiger partial charge in [-0.3, -0.25) is 4.79 Å². The molecule has 0 bridgehead atoms. The lowest BCUT2D eigenvalue weighted by Gasteiger charge is -2.42. The molecule has 3 fully saturated rings. The topological polar surface area (TPSA) is 77.8 Å². The molecule has 0 unspecified atom stereocenters. The van der Waals surface area contributed by atoms with Crippen LogP contribution in [0, 0.1) is 0 Å². The highest BCUT2D eigenvalue weighted by Crippen LogP contribution is 2.49. The summed E-state index contributed by atoms with van der Waals surface area (Å²) in [5.41, 5.74) is 1.69. The van der Waals surface area contributed by atoms with Gasteiger partial charge in [0.25, 0.3) is 5.91 Å². The average molecular weight is 471 g/mol. The van der Waals surface area contributed by atoms with Gasteiger partial charge in [0.1, 0.15) is 5.58 Å². The van der Waals surface area contributed by atoms with E-state index in [1.54, 1.807) is 6.07 Å². The zero-order valence-electron chi connectivity index (χ0n) is 18.9. The smallest absolute Gasteiger partial charge is 0.319 e. The van der Waals surface area contributed by atoms with Gasteiger partial charge in [-0.2, -0.15) is 0 Å². The number of carbonyl (C=O) groups is 2. The number of hydrogen-bond donors (Lipinski definition) is 2. The minimum absolute atomic E-state index is 0.0542. The first-order valence-corrected chi connectivity index (χ1v) is 12.8. The van der Waals surface area contributed by atoms with Crippen molar-refractivity contribution in [2.75, 3.05) is 31.5 Å². The zero-order valence-corrected chi connectivity index (χ0v) is 19.7. The van der Waals surface area contributed by atoms with Gasteiger partial charge in [0.2, 0.25) is 0 Å². The Labute approximate surface area is 198 Å². The molecule has 1 saturated carbocycles. The second kappa shape index (κ2) is 8.20. The Hall–Kier alpha value is -2.25. The number of anilines is 1. The monoisotopic (exact) mass is 470 g/mol. The second-order valence-corrected chi connectivity index (χ2v) is 10.5. The van der Waals surface area contributed by atoms with E-state index < -0.39 is 5.54 Å². The summed E-state index contributed by atoms with van der Waals surface area (Å²) >= 11 is 6.62. The molecule has 8 heteroatoms. The van der Waals surface area contributed by atoms with Crippen LogP contribution in [0.2, 0.25) is 5.02 Å². The molecule has 3 amide bonds. The molecular weight excluding hydrogens is 440 g/mol. The predicted molar refractivity (Wildman–Crippen MR) is 128 cm³/mol. The van der Waals surface area contributed by atoms with Crippen LogP contribution >= 0.6 is 11.6 Å². The number of likely N-dealkylation sites (tertiary alicyclic amines) is 2. The van der Waals surface area contributed by atoms with Crippen molar-refractivity contribution in [1.82, 2.24) is 15.1 Å².